The summed E-state index contributed by atoms with van der Waals surface area (Å²) in [6.07, 6.45) is 0. The van der Waals surface area contributed by atoms with Crippen LogP contribution >= 0.6 is 0 Å². The van der Waals surface area contributed by atoms with E-state index in [1.807, 2.05) is 30.3 Å². The molecule has 0 saturated heterocycles. The zero-order valence-electron chi connectivity index (χ0n) is 12.7. The van der Waals surface area contributed by atoms with Crippen LogP contribution in [-0.4, -0.2) is 27.3 Å². The van der Waals surface area contributed by atoms with E-state index in [1.165, 1.54) is 7.11 Å². The quantitative estimate of drug-likeness (QED) is 0.545. The molecule has 3 rings (SSSR count). The van der Waals surface area contributed by atoms with Crippen LogP contribution in [0.4, 0.5) is 0 Å². The van der Waals surface area contributed by atoms with Gasteiger partial charge < -0.3 is 14.2 Å². The Morgan fingerprint density at radius 3 is 1.86 bits per heavy atom. The van der Waals surface area contributed by atoms with Crippen molar-refractivity contribution >= 4 is 27.5 Å². The molecule has 0 aliphatic heterocycles. The Morgan fingerprint density at radius 1 is 0.773 bits per heavy atom. The average molecular weight is 296 g/mol. The van der Waals surface area contributed by atoms with Gasteiger partial charge in [0, 0.05) is 21.5 Å². The van der Waals surface area contributed by atoms with E-state index in [1.54, 1.807) is 26.4 Å². The van der Waals surface area contributed by atoms with Crippen LogP contribution in [0.5, 0.6) is 11.5 Å². The van der Waals surface area contributed by atoms with Crippen LogP contribution in [0, 0.1) is 0 Å². The van der Waals surface area contributed by atoms with Gasteiger partial charge in [0.15, 0.2) is 0 Å². The number of hydrogen-bond acceptors (Lipinski definition) is 4. The van der Waals surface area contributed by atoms with Gasteiger partial charge in [0.05, 0.1) is 26.9 Å². The number of ether oxygens (including phenoxy) is 3. The highest BCUT2D eigenvalue weighted by Gasteiger charge is 2.16. The Bertz CT molecular complexity index is 868. The normalized spacial score (nSPS) is 10.7. The number of hydrogen-bond donors (Lipinski definition) is 0. The smallest absolute Gasteiger partial charge is 0.337 e. The predicted molar refractivity (Wildman–Crippen MR) is 85.9 cm³/mol. The summed E-state index contributed by atoms with van der Waals surface area (Å²) in [5.41, 5.74) is 0.477. The fourth-order valence-corrected chi connectivity index (χ4v) is 2.78. The third-order valence-electron chi connectivity index (χ3n) is 3.75. The van der Waals surface area contributed by atoms with E-state index in [0.29, 0.717) is 5.56 Å². The number of rotatable bonds is 3. The van der Waals surface area contributed by atoms with E-state index in [0.717, 1.165) is 33.0 Å². The first-order chi connectivity index (χ1) is 10.7. The zero-order valence-corrected chi connectivity index (χ0v) is 12.7. The number of carbonyl (C=O) groups excluding carboxylic acids is 1. The lowest BCUT2D eigenvalue weighted by molar-refractivity contribution is 0.0601. The van der Waals surface area contributed by atoms with Crippen molar-refractivity contribution in [3.05, 3.63) is 48.0 Å². The van der Waals surface area contributed by atoms with Crippen LogP contribution in [0.25, 0.3) is 21.5 Å². The molecule has 0 radical (unpaired) electrons. The van der Waals surface area contributed by atoms with E-state index in [-0.39, 0.29) is 5.97 Å². The van der Waals surface area contributed by atoms with Gasteiger partial charge in [-0.15, -0.1) is 0 Å². The maximum Gasteiger partial charge on any atom is 0.337 e. The molecule has 0 aromatic heterocycles. The minimum Gasteiger partial charge on any atom is -0.495 e. The van der Waals surface area contributed by atoms with E-state index in [9.17, 15) is 4.79 Å². The molecule has 0 unspecified atom stereocenters. The van der Waals surface area contributed by atoms with Crippen LogP contribution in [-0.2, 0) is 4.74 Å². The van der Waals surface area contributed by atoms with Crippen molar-refractivity contribution in [2.24, 2.45) is 0 Å². The lowest BCUT2D eigenvalue weighted by Crippen LogP contribution is -2.01. The highest BCUT2D eigenvalue weighted by atomic mass is 16.5. The van der Waals surface area contributed by atoms with Crippen molar-refractivity contribution in [1.82, 2.24) is 0 Å². The minimum atomic E-state index is -0.379. The minimum absolute atomic E-state index is 0.379. The molecule has 0 amide bonds. The third-order valence-corrected chi connectivity index (χ3v) is 3.75. The molecule has 4 heteroatoms. The van der Waals surface area contributed by atoms with E-state index < -0.39 is 0 Å². The van der Waals surface area contributed by atoms with E-state index in [4.69, 9.17) is 14.2 Å². The Kier molecular flexibility index (Phi) is 3.59. The summed E-state index contributed by atoms with van der Waals surface area (Å²) in [7, 11) is 4.63. The topological polar surface area (TPSA) is 44.8 Å². The van der Waals surface area contributed by atoms with Gasteiger partial charge in [-0.3, -0.25) is 0 Å². The lowest BCUT2D eigenvalue weighted by Gasteiger charge is -2.15. The van der Waals surface area contributed by atoms with Crippen molar-refractivity contribution < 1.29 is 19.0 Å². The maximum atomic E-state index is 11.8. The molecular formula is C18H16O4. The van der Waals surface area contributed by atoms with Gasteiger partial charge in [-0.2, -0.15) is 0 Å². The van der Waals surface area contributed by atoms with Gasteiger partial charge in [-0.05, 0) is 18.2 Å². The number of fused-ring (bicyclic) bond motifs is 2. The summed E-state index contributed by atoms with van der Waals surface area (Å²) in [6, 6.07) is 13.2. The van der Waals surface area contributed by atoms with Crippen molar-refractivity contribution in [2.45, 2.75) is 0 Å². The monoisotopic (exact) mass is 296 g/mol. The van der Waals surface area contributed by atoms with Gasteiger partial charge in [-0.25, -0.2) is 4.79 Å². The molecule has 3 aromatic carbocycles. The number of carbonyl (C=O) groups is 1. The van der Waals surface area contributed by atoms with Crippen LogP contribution in [0.2, 0.25) is 0 Å². The first kappa shape index (κ1) is 14.2. The molecule has 22 heavy (non-hydrogen) atoms. The van der Waals surface area contributed by atoms with Crippen LogP contribution in [0.15, 0.2) is 42.5 Å². The third kappa shape index (κ3) is 2.04. The maximum absolute atomic E-state index is 11.8. The van der Waals surface area contributed by atoms with Gasteiger partial charge in [0.25, 0.3) is 0 Å². The molecule has 0 saturated carbocycles. The SMILES string of the molecule is COC(=O)c1ccc2c(OC)c3ccccc3c(OC)c2c1. The summed E-state index contributed by atoms with van der Waals surface area (Å²) < 4.78 is 16.0. The van der Waals surface area contributed by atoms with Crippen molar-refractivity contribution in [3.63, 3.8) is 0 Å². The summed E-state index contributed by atoms with van der Waals surface area (Å²) in [6.45, 7) is 0. The molecule has 0 atom stereocenters. The Labute approximate surface area is 128 Å². The van der Waals surface area contributed by atoms with Crippen molar-refractivity contribution in [3.8, 4) is 11.5 Å². The zero-order chi connectivity index (χ0) is 15.7. The molecule has 3 aromatic rings. The second-order valence-corrected chi connectivity index (χ2v) is 4.86. The Balaban J connectivity index is 2.47. The lowest BCUT2D eigenvalue weighted by atomic mass is 9.99. The van der Waals surface area contributed by atoms with Crippen LogP contribution in [0.3, 0.4) is 0 Å². The molecule has 0 N–H and O–H groups in total. The molecule has 0 aliphatic carbocycles. The summed E-state index contributed by atoms with van der Waals surface area (Å²) in [5, 5.41) is 3.63. The van der Waals surface area contributed by atoms with E-state index >= 15 is 0 Å². The standard InChI is InChI=1S/C18H16O4/c1-20-16-12-6-4-5-7-13(12)17(21-2)15-10-11(18(19)22-3)8-9-14(15)16/h4-10H,1-3H3. The second kappa shape index (κ2) is 5.56. The molecule has 0 spiro atoms. The summed E-state index contributed by atoms with van der Waals surface area (Å²) in [4.78, 5) is 11.8. The van der Waals surface area contributed by atoms with Gasteiger partial charge in [0.2, 0.25) is 0 Å². The molecule has 112 valence electrons. The van der Waals surface area contributed by atoms with Crippen LogP contribution < -0.4 is 9.47 Å². The molecule has 0 heterocycles. The van der Waals surface area contributed by atoms with Crippen molar-refractivity contribution in [2.75, 3.05) is 21.3 Å². The Hall–Kier alpha value is -2.75. The summed E-state index contributed by atoms with van der Waals surface area (Å²) in [5.74, 6) is 1.11. The van der Waals surface area contributed by atoms with Gasteiger partial charge >= 0.3 is 5.97 Å². The number of esters is 1. The second-order valence-electron chi connectivity index (χ2n) is 4.86. The fraction of sp³-hybridized carbons (Fsp3) is 0.167. The Morgan fingerprint density at radius 2 is 1.32 bits per heavy atom. The number of benzene rings is 3. The van der Waals surface area contributed by atoms with Crippen LogP contribution in [0.1, 0.15) is 10.4 Å². The predicted octanol–water partition coefficient (Wildman–Crippen LogP) is 3.80. The largest absolute Gasteiger partial charge is 0.495 e. The highest BCUT2D eigenvalue weighted by molar-refractivity contribution is 6.12. The first-order valence-electron chi connectivity index (χ1n) is 6.86. The average Bonchev–Trinajstić information content (AvgIpc) is 2.58. The molecule has 0 bridgehead atoms. The van der Waals surface area contributed by atoms with Crippen molar-refractivity contribution in [1.29, 1.82) is 0 Å². The first-order valence-corrected chi connectivity index (χ1v) is 6.86. The number of methoxy groups -OCH3 is 3. The molecule has 0 fully saturated rings. The fourth-order valence-electron chi connectivity index (χ4n) is 2.78. The molecule has 0 aliphatic rings. The van der Waals surface area contributed by atoms with Gasteiger partial charge in [0.1, 0.15) is 11.5 Å². The highest BCUT2D eigenvalue weighted by Crippen LogP contribution is 2.42. The molecular weight excluding hydrogens is 280 g/mol. The summed E-state index contributed by atoms with van der Waals surface area (Å²) >= 11 is 0. The van der Waals surface area contributed by atoms with Gasteiger partial charge in [-0.1, -0.05) is 24.3 Å². The molecule has 4 nitrogen and oxygen atoms in total. The van der Waals surface area contributed by atoms with E-state index in [2.05, 4.69) is 0 Å².